The molecule has 1 aliphatic heterocycles. The number of furan rings is 1. The summed E-state index contributed by atoms with van der Waals surface area (Å²) in [5.74, 6) is 1.87. The normalized spacial score (nSPS) is 18.9. The third kappa shape index (κ3) is 3.43. The molecule has 24 heavy (non-hydrogen) atoms. The first-order valence-corrected chi connectivity index (χ1v) is 8.68. The van der Waals surface area contributed by atoms with Gasteiger partial charge >= 0.3 is 0 Å². The van der Waals surface area contributed by atoms with Gasteiger partial charge in [-0.1, -0.05) is 6.42 Å². The Hall–Kier alpha value is -2.34. The van der Waals surface area contributed by atoms with E-state index in [2.05, 4.69) is 26.3 Å². The fourth-order valence-electron chi connectivity index (χ4n) is 3.51. The van der Waals surface area contributed by atoms with Crippen LogP contribution in [0.5, 0.6) is 0 Å². The molecule has 3 aromatic heterocycles. The Labute approximate surface area is 141 Å². The van der Waals surface area contributed by atoms with E-state index < -0.39 is 0 Å². The van der Waals surface area contributed by atoms with Gasteiger partial charge in [0, 0.05) is 31.2 Å². The minimum absolute atomic E-state index is 0.601. The van der Waals surface area contributed by atoms with Crippen LogP contribution in [0.3, 0.4) is 0 Å². The summed E-state index contributed by atoms with van der Waals surface area (Å²) in [5, 5.41) is 11.2. The summed E-state index contributed by atoms with van der Waals surface area (Å²) >= 11 is 0. The maximum Gasteiger partial charge on any atom is 0.152 e. The van der Waals surface area contributed by atoms with E-state index in [1.807, 2.05) is 35.3 Å². The van der Waals surface area contributed by atoms with Crippen LogP contribution in [0.25, 0.3) is 11.5 Å². The van der Waals surface area contributed by atoms with Crippen LogP contribution in [0, 0.1) is 0 Å². The summed E-state index contributed by atoms with van der Waals surface area (Å²) in [5.41, 5.74) is 0.926. The molecule has 0 spiro atoms. The lowest BCUT2D eigenvalue weighted by Crippen LogP contribution is -2.39. The van der Waals surface area contributed by atoms with Gasteiger partial charge in [0.1, 0.15) is 11.5 Å². The largest absolute Gasteiger partial charge is 0.458 e. The first-order chi connectivity index (χ1) is 11.9. The third-order valence-corrected chi connectivity index (χ3v) is 4.79. The lowest BCUT2D eigenvalue weighted by molar-refractivity contribution is 0.118. The molecule has 0 unspecified atom stereocenters. The maximum atomic E-state index is 6.00. The van der Waals surface area contributed by atoms with Gasteiger partial charge in [-0.15, -0.1) is 0 Å². The minimum Gasteiger partial charge on any atom is -0.458 e. The molecule has 0 bridgehead atoms. The van der Waals surface area contributed by atoms with Crippen molar-refractivity contribution in [2.24, 2.45) is 0 Å². The SMILES string of the molecule is c1cnn(CC[C@H]2CCCCN2Cc2ccc(-c3ccn[nH]3)o2)c1. The molecule has 1 N–H and O–H groups in total. The molecule has 1 saturated heterocycles. The second-order valence-corrected chi connectivity index (χ2v) is 6.41. The lowest BCUT2D eigenvalue weighted by Gasteiger charge is -2.35. The highest BCUT2D eigenvalue weighted by atomic mass is 16.3. The maximum absolute atomic E-state index is 6.00. The van der Waals surface area contributed by atoms with E-state index in [9.17, 15) is 0 Å². The summed E-state index contributed by atoms with van der Waals surface area (Å²) in [7, 11) is 0. The molecular weight excluding hydrogens is 302 g/mol. The van der Waals surface area contributed by atoms with Crippen molar-refractivity contribution in [2.45, 2.75) is 44.8 Å². The molecule has 6 nitrogen and oxygen atoms in total. The van der Waals surface area contributed by atoms with E-state index in [0.717, 1.165) is 43.3 Å². The summed E-state index contributed by atoms with van der Waals surface area (Å²) < 4.78 is 8.02. The number of aromatic amines is 1. The molecule has 0 radical (unpaired) electrons. The number of nitrogens with zero attached hydrogens (tertiary/aromatic N) is 4. The number of aryl methyl sites for hydroxylation is 1. The fourth-order valence-corrected chi connectivity index (χ4v) is 3.51. The smallest absolute Gasteiger partial charge is 0.152 e. The number of aromatic nitrogens is 4. The van der Waals surface area contributed by atoms with Gasteiger partial charge in [0.15, 0.2) is 5.76 Å². The zero-order valence-corrected chi connectivity index (χ0v) is 13.8. The zero-order chi connectivity index (χ0) is 16.2. The van der Waals surface area contributed by atoms with Crippen LogP contribution >= 0.6 is 0 Å². The van der Waals surface area contributed by atoms with Crippen LogP contribution in [0.15, 0.2) is 47.3 Å². The van der Waals surface area contributed by atoms with Crippen molar-refractivity contribution in [1.82, 2.24) is 24.9 Å². The van der Waals surface area contributed by atoms with Crippen molar-refractivity contribution in [1.29, 1.82) is 0 Å². The molecule has 126 valence electrons. The van der Waals surface area contributed by atoms with Gasteiger partial charge in [-0.3, -0.25) is 14.7 Å². The van der Waals surface area contributed by atoms with Gasteiger partial charge in [-0.25, -0.2) is 0 Å². The van der Waals surface area contributed by atoms with Gasteiger partial charge in [-0.2, -0.15) is 10.2 Å². The van der Waals surface area contributed by atoms with E-state index in [1.54, 1.807) is 6.20 Å². The molecule has 1 fully saturated rings. The Balaban J connectivity index is 1.39. The zero-order valence-electron chi connectivity index (χ0n) is 13.8. The summed E-state index contributed by atoms with van der Waals surface area (Å²) in [4.78, 5) is 2.56. The highest BCUT2D eigenvalue weighted by Crippen LogP contribution is 2.25. The van der Waals surface area contributed by atoms with Crippen LogP contribution in [-0.4, -0.2) is 37.5 Å². The van der Waals surface area contributed by atoms with Crippen molar-refractivity contribution in [3.05, 3.63) is 48.6 Å². The van der Waals surface area contributed by atoms with Crippen molar-refractivity contribution in [3.8, 4) is 11.5 Å². The van der Waals surface area contributed by atoms with Gasteiger partial charge in [0.25, 0.3) is 0 Å². The van der Waals surface area contributed by atoms with Crippen LogP contribution in [-0.2, 0) is 13.1 Å². The van der Waals surface area contributed by atoms with Crippen LogP contribution < -0.4 is 0 Å². The number of hydrogen-bond donors (Lipinski definition) is 1. The predicted octanol–water partition coefficient (Wildman–Crippen LogP) is 3.31. The van der Waals surface area contributed by atoms with Gasteiger partial charge in [0.05, 0.1) is 6.54 Å². The average Bonchev–Trinajstić information content (AvgIpc) is 3.36. The topological polar surface area (TPSA) is 62.9 Å². The highest BCUT2D eigenvalue weighted by Gasteiger charge is 2.23. The first kappa shape index (κ1) is 15.2. The Morgan fingerprint density at radius 1 is 1.21 bits per heavy atom. The minimum atomic E-state index is 0.601. The molecular formula is C18H23N5O. The van der Waals surface area contributed by atoms with E-state index in [4.69, 9.17) is 4.42 Å². The third-order valence-electron chi connectivity index (χ3n) is 4.79. The molecule has 4 rings (SSSR count). The second-order valence-electron chi connectivity index (χ2n) is 6.41. The van der Waals surface area contributed by atoms with E-state index >= 15 is 0 Å². The van der Waals surface area contributed by atoms with Crippen LogP contribution in [0.4, 0.5) is 0 Å². The van der Waals surface area contributed by atoms with Gasteiger partial charge < -0.3 is 4.42 Å². The summed E-state index contributed by atoms with van der Waals surface area (Å²) in [6.07, 6.45) is 10.6. The quantitative estimate of drug-likeness (QED) is 0.755. The van der Waals surface area contributed by atoms with Crippen molar-refractivity contribution >= 4 is 0 Å². The molecule has 0 saturated carbocycles. The Bertz CT molecular complexity index is 731. The molecule has 1 aliphatic rings. The van der Waals surface area contributed by atoms with E-state index in [1.165, 1.54) is 19.3 Å². The number of rotatable bonds is 6. The van der Waals surface area contributed by atoms with Crippen LogP contribution in [0.2, 0.25) is 0 Å². The number of H-pyrrole nitrogens is 1. The molecule has 3 aromatic rings. The Morgan fingerprint density at radius 2 is 2.21 bits per heavy atom. The van der Waals surface area contributed by atoms with Gasteiger partial charge in [-0.05, 0) is 50.1 Å². The van der Waals surface area contributed by atoms with Crippen molar-refractivity contribution in [3.63, 3.8) is 0 Å². The highest BCUT2D eigenvalue weighted by molar-refractivity contribution is 5.51. The van der Waals surface area contributed by atoms with Crippen molar-refractivity contribution in [2.75, 3.05) is 6.54 Å². The summed E-state index contributed by atoms with van der Waals surface area (Å²) in [6.45, 7) is 2.99. The molecule has 0 aromatic carbocycles. The standard InChI is InChI=1S/C18H23N5O/c1-2-11-22(15(4-1)8-13-23-12-3-9-20-23)14-16-5-6-18(24-16)17-7-10-19-21-17/h3,5-7,9-10,12,15H,1-2,4,8,11,13-14H2,(H,19,21)/t15-/m1/s1. The molecule has 4 heterocycles. The lowest BCUT2D eigenvalue weighted by atomic mass is 9.99. The molecule has 1 atom stereocenters. The molecule has 6 heteroatoms. The average molecular weight is 325 g/mol. The number of likely N-dealkylation sites (tertiary alicyclic amines) is 1. The Morgan fingerprint density at radius 3 is 3.04 bits per heavy atom. The fraction of sp³-hybridized carbons (Fsp3) is 0.444. The Kier molecular flexibility index (Phi) is 4.46. The van der Waals surface area contributed by atoms with E-state index in [-0.39, 0.29) is 0 Å². The number of hydrogen-bond acceptors (Lipinski definition) is 4. The first-order valence-electron chi connectivity index (χ1n) is 8.68. The van der Waals surface area contributed by atoms with Crippen molar-refractivity contribution < 1.29 is 4.42 Å². The number of piperidine rings is 1. The van der Waals surface area contributed by atoms with Gasteiger partial charge in [0.2, 0.25) is 0 Å². The van der Waals surface area contributed by atoms with E-state index in [0.29, 0.717) is 6.04 Å². The molecule has 0 aliphatic carbocycles. The predicted molar refractivity (Wildman–Crippen MR) is 91.2 cm³/mol. The summed E-state index contributed by atoms with van der Waals surface area (Å²) in [6, 6.07) is 8.61. The monoisotopic (exact) mass is 325 g/mol. The van der Waals surface area contributed by atoms with Crippen LogP contribution in [0.1, 0.15) is 31.4 Å². The molecule has 0 amide bonds. The second kappa shape index (κ2) is 7.05. The number of nitrogens with one attached hydrogen (secondary N) is 1.